The second kappa shape index (κ2) is 7.62. The van der Waals surface area contributed by atoms with Crippen molar-refractivity contribution >= 4 is 15.8 Å². The minimum absolute atomic E-state index is 0.0468. The third-order valence-corrected chi connectivity index (χ3v) is 3.22. The molecular formula is C10H21NO4S. The van der Waals surface area contributed by atoms with Gasteiger partial charge in [0.1, 0.15) is 9.84 Å². The quantitative estimate of drug-likeness (QED) is 0.588. The lowest BCUT2D eigenvalue weighted by Crippen LogP contribution is -2.33. The molecule has 0 saturated heterocycles. The molecule has 0 aliphatic heterocycles. The normalized spacial score (nSPS) is 13.6. The van der Waals surface area contributed by atoms with Gasteiger partial charge in [-0.15, -0.1) is 0 Å². The van der Waals surface area contributed by atoms with Gasteiger partial charge in [0.2, 0.25) is 0 Å². The summed E-state index contributed by atoms with van der Waals surface area (Å²) in [6.07, 6.45) is 3.83. The van der Waals surface area contributed by atoms with Crippen molar-refractivity contribution in [2.75, 3.05) is 18.6 Å². The van der Waals surface area contributed by atoms with Crippen LogP contribution in [0, 0.1) is 0 Å². The molecule has 0 amide bonds. The molecule has 0 saturated carbocycles. The zero-order valence-corrected chi connectivity index (χ0v) is 10.7. The van der Waals surface area contributed by atoms with Crippen molar-refractivity contribution in [2.24, 2.45) is 0 Å². The van der Waals surface area contributed by atoms with E-state index in [1.807, 2.05) is 6.92 Å². The van der Waals surface area contributed by atoms with E-state index in [1.165, 1.54) is 6.26 Å². The molecule has 0 aliphatic rings. The van der Waals surface area contributed by atoms with Gasteiger partial charge in [0.15, 0.2) is 0 Å². The van der Waals surface area contributed by atoms with Gasteiger partial charge in [-0.2, -0.15) is 0 Å². The highest BCUT2D eigenvalue weighted by molar-refractivity contribution is 7.90. The number of carboxylic acid groups (broad SMARTS) is 1. The van der Waals surface area contributed by atoms with Gasteiger partial charge in [-0.1, -0.05) is 6.42 Å². The van der Waals surface area contributed by atoms with Gasteiger partial charge in [-0.25, -0.2) is 8.42 Å². The zero-order chi connectivity index (χ0) is 12.6. The van der Waals surface area contributed by atoms with Crippen LogP contribution in [-0.2, 0) is 14.6 Å². The summed E-state index contributed by atoms with van der Waals surface area (Å²) in [5, 5.41) is 11.5. The molecule has 5 nitrogen and oxygen atoms in total. The molecule has 0 spiro atoms. The molecule has 0 heterocycles. The lowest BCUT2D eigenvalue weighted by Gasteiger charge is -2.12. The van der Waals surface area contributed by atoms with Crippen LogP contribution in [0.5, 0.6) is 0 Å². The predicted molar refractivity (Wildman–Crippen MR) is 63.3 cm³/mol. The third kappa shape index (κ3) is 11.5. The molecule has 0 radical (unpaired) electrons. The highest BCUT2D eigenvalue weighted by Crippen LogP contribution is 1.99. The molecule has 1 atom stereocenters. The second-order valence-electron chi connectivity index (χ2n) is 4.15. The summed E-state index contributed by atoms with van der Waals surface area (Å²) in [5.74, 6) is -0.624. The lowest BCUT2D eigenvalue weighted by molar-refractivity contribution is -0.137. The van der Waals surface area contributed by atoms with E-state index in [-0.39, 0.29) is 18.2 Å². The summed E-state index contributed by atoms with van der Waals surface area (Å²) in [6, 6.07) is -0.0468. The van der Waals surface area contributed by atoms with Gasteiger partial charge in [-0.05, 0) is 26.3 Å². The maximum Gasteiger partial charge on any atom is 0.303 e. The van der Waals surface area contributed by atoms with Crippen LogP contribution in [0.3, 0.4) is 0 Å². The van der Waals surface area contributed by atoms with E-state index >= 15 is 0 Å². The number of unbranched alkanes of at least 4 members (excludes halogenated alkanes) is 2. The lowest BCUT2D eigenvalue weighted by atomic mass is 10.2. The number of rotatable bonds is 9. The van der Waals surface area contributed by atoms with Gasteiger partial charge in [0, 0.05) is 18.7 Å². The molecule has 2 N–H and O–H groups in total. The monoisotopic (exact) mass is 251 g/mol. The summed E-state index contributed by atoms with van der Waals surface area (Å²) < 4.78 is 21.9. The molecule has 16 heavy (non-hydrogen) atoms. The first-order valence-corrected chi connectivity index (χ1v) is 7.50. The zero-order valence-electron chi connectivity index (χ0n) is 9.90. The van der Waals surface area contributed by atoms with E-state index in [0.29, 0.717) is 6.42 Å². The molecule has 0 rings (SSSR count). The summed E-state index contributed by atoms with van der Waals surface area (Å²) in [6.45, 7) is 2.56. The highest BCUT2D eigenvalue weighted by Gasteiger charge is 2.08. The molecule has 0 aromatic carbocycles. The van der Waals surface area contributed by atoms with Gasteiger partial charge in [0.05, 0.1) is 5.75 Å². The van der Waals surface area contributed by atoms with Crippen molar-refractivity contribution in [3.63, 3.8) is 0 Å². The van der Waals surface area contributed by atoms with Crippen LogP contribution in [0.1, 0.15) is 32.6 Å². The first-order chi connectivity index (χ1) is 7.31. The SMILES string of the molecule is CC(CS(C)(=O)=O)NCCCCCC(=O)O. The van der Waals surface area contributed by atoms with Crippen molar-refractivity contribution in [2.45, 2.75) is 38.6 Å². The Balaban J connectivity index is 3.41. The Morgan fingerprint density at radius 1 is 1.31 bits per heavy atom. The van der Waals surface area contributed by atoms with E-state index in [9.17, 15) is 13.2 Å². The van der Waals surface area contributed by atoms with Crippen LogP contribution in [0.15, 0.2) is 0 Å². The Morgan fingerprint density at radius 3 is 2.44 bits per heavy atom. The van der Waals surface area contributed by atoms with Crippen molar-refractivity contribution in [3.05, 3.63) is 0 Å². The summed E-state index contributed by atoms with van der Waals surface area (Å²) in [5.41, 5.74) is 0. The summed E-state index contributed by atoms with van der Waals surface area (Å²) in [4.78, 5) is 10.2. The van der Waals surface area contributed by atoms with Crippen LogP contribution < -0.4 is 5.32 Å². The fourth-order valence-electron chi connectivity index (χ4n) is 1.44. The number of nitrogens with one attached hydrogen (secondary N) is 1. The van der Waals surface area contributed by atoms with E-state index in [4.69, 9.17) is 5.11 Å². The van der Waals surface area contributed by atoms with Crippen LogP contribution >= 0.6 is 0 Å². The highest BCUT2D eigenvalue weighted by atomic mass is 32.2. The molecule has 96 valence electrons. The van der Waals surface area contributed by atoms with Crippen molar-refractivity contribution in [1.29, 1.82) is 0 Å². The fraction of sp³-hybridized carbons (Fsp3) is 0.900. The molecule has 6 heteroatoms. The van der Waals surface area contributed by atoms with Crippen LogP contribution in [-0.4, -0.2) is 44.1 Å². The number of hydrogen-bond acceptors (Lipinski definition) is 4. The minimum Gasteiger partial charge on any atom is -0.481 e. The Hall–Kier alpha value is -0.620. The largest absolute Gasteiger partial charge is 0.481 e. The van der Waals surface area contributed by atoms with Gasteiger partial charge < -0.3 is 10.4 Å². The first kappa shape index (κ1) is 15.4. The number of carbonyl (C=O) groups is 1. The molecule has 0 bridgehead atoms. The topological polar surface area (TPSA) is 83.5 Å². The average molecular weight is 251 g/mol. The molecule has 1 unspecified atom stereocenters. The number of sulfone groups is 1. The summed E-state index contributed by atoms with van der Waals surface area (Å²) in [7, 11) is -2.92. The van der Waals surface area contributed by atoms with E-state index in [1.54, 1.807) is 0 Å². The second-order valence-corrected chi connectivity index (χ2v) is 6.34. The van der Waals surface area contributed by atoms with Gasteiger partial charge >= 0.3 is 5.97 Å². The standard InChI is InChI=1S/C10H21NO4S/c1-9(8-16(2,14)15)11-7-5-3-4-6-10(12)13/h9,11H,3-8H2,1-2H3,(H,12,13). The Bertz CT molecular complexity index is 300. The minimum atomic E-state index is -2.92. The maximum atomic E-state index is 10.9. The van der Waals surface area contributed by atoms with Gasteiger partial charge in [-0.3, -0.25) is 4.79 Å². The smallest absolute Gasteiger partial charge is 0.303 e. The summed E-state index contributed by atoms with van der Waals surface area (Å²) >= 11 is 0. The third-order valence-electron chi connectivity index (χ3n) is 2.11. The molecule has 0 aromatic rings. The predicted octanol–water partition coefficient (Wildman–Crippen LogP) is 0.654. The van der Waals surface area contributed by atoms with Gasteiger partial charge in [0.25, 0.3) is 0 Å². The van der Waals surface area contributed by atoms with Crippen molar-refractivity contribution in [1.82, 2.24) is 5.32 Å². The molecule has 0 aromatic heterocycles. The molecular weight excluding hydrogens is 230 g/mol. The molecule has 0 fully saturated rings. The maximum absolute atomic E-state index is 10.9. The average Bonchev–Trinajstić information content (AvgIpc) is 2.07. The van der Waals surface area contributed by atoms with Crippen LogP contribution in [0.4, 0.5) is 0 Å². The van der Waals surface area contributed by atoms with E-state index in [0.717, 1.165) is 19.4 Å². The Morgan fingerprint density at radius 2 is 1.94 bits per heavy atom. The van der Waals surface area contributed by atoms with E-state index < -0.39 is 15.8 Å². The first-order valence-electron chi connectivity index (χ1n) is 5.44. The number of aliphatic carboxylic acids is 1. The Labute approximate surface area is 97.2 Å². The Kier molecular flexibility index (Phi) is 7.33. The van der Waals surface area contributed by atoms with Crippen LogP contribution in [0.25, 0.3) is 0 Å². The van der Waals surface area contributed by atoms with Crippen molar-refractivity contribution in [3.8, 4) is 0 Å². The van der Waals surface area contributed by atoms with Crippen LogP contribution in [0.2, 0.25) is 0 Å². The fourth-order valence-corrected chi connectivity index (χ4v) is 2.47. The number of hydrogen-bond donors (Lipinski definition) is 2. The van der Waals surface area contributed by atoms with E-state index in [2.05, 4.69) is 5.32 Å². The van der Waals surface area contributed by atoms with Crippen molar-refractivity contribution < 1.29 is 18.3 Å². The molecule has 0 aliphatic carbocycles. The number of carboxylic acids is 1.